The minimum Gasteiger partial charge on any atom is -0.283 e. The van der Waals surface area contributed by atoms with E-state index in [2.05, 4.69) is 4.99 Å². The molecule has 0 aromatic heterocycles. The lowest BCUT2D eigenvalue weighted by Crippen LogP contribution is -2.39. The molecule has 1 atom stereocenters. The van der Waals surface area contributed by atoms with Crippen molar-refractivity contribution in [2.24, 2.45) is 4.99 Å². The number of para-hydroxylation sites is 1. The number of nitro benzene ring substituents is 1. The van der Waals surface area contributed by atoms with Crippen molar-refractivity contribution in [1.82, 2.24) is 4.90 Å². The number of nitrogens with zero attached hydrogens (tertiary/aromatic N) is 3. The first kappa shape index (κ1) is 17.2. The van der Waals surface area contributed by atoms with Gasteiger partial charge >= 0.3 is 0 Å². The van der Waals surface area contributed by atoms with Crippen LogP contribution in [0.15, 0.2) is 59.6 Å². The Labute approximate surface area is 149 Å². The van der Waals surface area contributed by atoms with Gasteiger partial charge in [-0.05, 0) is 30.7 Å². The predicted molar refractivity (Wildman–Crippen MR) is 99.3 cm³/mol. The minimum absolute atomic E-state index is 0.0300. The predicted octanol–water partition coefficient (Wildman–Crippen LogP) is 4.25. The molecule has 2 aromatic carbocycles. The van der Waals surface area contributed by atoms with Crippen molar-refractivity contribution in [3.05, 3.63) is 70.3 Å². The molecule has 128 valence electrons. The monoisotopic (exact) mass is 355 g/mol. The first-order chi connectivity index (χ1) is 12.1. The zero-order chi connectivity index (χ0) is 17.8. The van der Waals surface area contributed by atoms with Gasteiger partial charge in [0.2, 0.25) is 0 Å². The second-order valence-electron chi connectivity index (χ2n) is 5.58. The lowest BCUT2D eigenvalue weighted by atomic mass is 10.1. The van der Waals surface area contributed by atoms with Crippen LogP contribution in [-0.2, 0) is 0 Å². The Morgan fingerprint density at radius 3 is 2.52 bits per heavy atom. The summed E-state index contributed by atoms with van der Waals surface area (Å²) in [6.07, 6.45) is 0.819. The van der Waals surface area contributed by atoms with Gasteiger partial charge in [-0.3, -0.25) is 19.8 Å². The smallest absolute Gasteiger partial charge is 0.269 e. The summed E-state index contributed by atoms with van der Waals surface area (Å²) in [7, 11) is 0. The second kappa shape index (κ2) is 7.48. The summed E-state index contributed by atoms with van der Waals surface area (Å²) in [5.41, 5.74) is 1.19. The number of amidine groups is 1. The number of non-ortho nitro benzene ring substituents is 1. The zero-order valence-electron chi connectivity index (χ0n) is 13.7. The minimum atomic E-state index is -0.475. The molecule has 0 spiro atoms. The largest absolute Gasteiger partial charge is 0.283 e. The summed E-state index contributed by atoms with van der Waals surface area (Å²) in [6, 6.07) is 15.3. The molecule has 3 rings (SSSR count). The van der Waals surface area contributed by atoms with Gasteiger partial charge in [0.25, 0.3) is 11.6 Å². The second-order valence-corrected chi connectivity index (χ2v) is 6.57. The Hall–Kier alpha value is -2.67. The molecule has 7 heteroatoms. The van der Waals surface area contributed by atoms with Crippen molar-refractivity contribution >= 4 is 34.2 Å². The van der Waals surface area contributed by atoms with Crippen LogP contribution in [0.3, 0.4) is 0 Å². The third kappa shape index (κ3) is 3.71. The molecule has 1 amide bonds. The molecule has 0 bridgehead atoms. The van der Waals surface area contributed by atoms with Crippen molar-refractivity contribution < 1.29 is 9.72 Å². The average molecular weight is 355 g/mol. The molecule has 0 radical (unpaired) electrons. The van der Waals surface area contributed by atoms with Crippen LogP contribution in [0.1, 0.15) is 23.7 Å². The quantitative estimate of drug-likeness (QED) is 0.607. The van der Waals surface area contributed by atoms with E-state index in [1.807, 2.05) is 37.3 Å². The molecule has 0 unspecified atom stereocenters. The zero-order valence-corrected chi connectivity index (χ0v) is 14.5. The first-order valence-corrected chi connectivity index (χ1v) is 8.93. The summed E-state index contributed by atoms with van der Waals surface area (Å²) in [6.45, 7) is 2.03. The van der Waals surface area contributed by atoms with E-state index in [-0.39, 0.29) is 17.6 Å². The van der Waals surface area contributed by atoms with Crippen LogP contribution < -0.4 is 0 Å². The molecule has 1 aliphatic heterocycles. The van der Waals surface area contributed by atoms with Gasteiger partial charge in [0, 0.05) is 29.5 Å². The SMILES string of the molecule is CC[C@H]1CSC(=Nc2ccccc2)N1C(=O)c1ccc([N+](=O)[O-])cc1. The number of rotatable bonds is 4. The Morgan fingerprint density at radius 2 is 1.92 bits per heavy atom. The number of nitro groups is 1. The molecule has 1 heterocycles. The van der Waals surface area contributed by atoms with Crippen LogP contribution in [0.25, 0.3) is 0 Å². The van der Waals surface area contributed by atoms with Gasteiger partial charge in [-0.2, -0.15) is 0 Å². The van der Waals surface area contributed by atoms with Crippen LogP contribution in [0.2, 0.25) is 0 Å². The van der Waals surface area contributed by atoms with Gasteiger partial charge < -0.3 is 0 Å². The van der Waals surface area contributed by atoms with E-state index in [0.29, 0.717) is 10.7 Å². The summed E-state index contributed by atoms with van der Waals surface area (Å²) < 4.78 is 0. The normalized spacial score (nSPS) is 18.5. The topological polar surface area (TPSA) is 75.8 Å². The van der Waals surface area contributed by atoms with E-state index in [9.17, 15) is 14.9 Å². The van der Waals surface area contributed by atoms with Gasteiger partial charge in [-0.1, -0.05) is 36.9 Å². The van der Waals surface area contributed by atoms with Crippen LogP contribution in [0.4, 0.5) is 11.4 Å². The number of aliphatic imine (C=N–C) groups is 1. The molecule has 0 saturated carbocycles. The molecule has 0 aliphatic carbocycles. The summed E-state index contributed by atoms with van der Waals surface area (Å²) in [5, 5.41) is 11.4. The number of amides is 1. The molecule has 0 N–H and O–H groups in total. The fourth-order valence-electron chi connectivity index (χ4n) is 2.59. The van der Waals surface area contributed by atoms with Crippen molar-refractivity contribution in [1.29, 1.82) is 0 Å². The lowest BCUT2D eigenvalue weighted by Gasteiger charge is -2.23. The van der Waals surface area contributed by atoms with Crippen LogP contribution >= 0.6 is 11.8 Å². The van der Waals surface area contributed by atoms with Crippen LogP contribution in [0.5, 0.6) is 0 Å². The standard InChI is InChI=1S/C18H17N3O3S/c1-2-15-12-25-18(19-14-6-4-3-5-7-14)20(15)17(22)13-8-10-16(11-9-13)21(23)24/h3-11,15H,2,12H2,1H3/t15-/m0/s1. The number of carbonyl (C=O) groups excluding carboxylic acids is 1. The van der Waals surface area contributed by atoms with Crippen molar-refractivity contribution in [3.8, 4) is 0 Å². The van der Waals surface area contributed by atoms with E-state index < -0.39 is 4.92 Å². The maximum atomic E-state index is 13.0. The average Bonchev–Trinajstić information content (AvgIpc) is 3.04. The summed E-state index contributed by atoms with van der Waals surface area (Å²) >= 11 is 1.56. The number of carbonyl (C=O) groups is 1. The van der Waals surface area contributed by atoms with Gasteiger partial charge in [0.1, 0.15) is 0 Å². The van der Waals surface area contributed by atoms with Gasteiger partial charge in [0.15, 0.2) is 5.17 Å². The van der Waals surface area contributed by atoms with E-state index in [1.54, 1.807) is 16.7 Å². The molecule has 1 aliphatic rings. The van der Waals surface area contributed by atoms with Gasteiger partial charge in [-0.15, -0.1) is 0 Å². The molecular formula is C18H17N3O3S. The molecule has 1 saturated heterocycles. The third-order valence-electron chi connectivity index (χ3n) is 3.97. The summed E-state index contributed by atoms with van der Waals surface area (Å²) in [4.78, 5) is 29.6. The highest BCUT2D eigenvalue weighted by molar-refractivity contribution is 8.14. The van der Waals surface area contributed by atoms with Crippen molar-refractivity contribution in [3.63, 3.8) is 0 Å². The molecule has 25 heavy (non-hydrogen) atoms. The Bertz CT molecular complexity index is 806. The van der Waals surface area contributed by atoms with Crippen molar-refractivity contribution in [2.75, 3.05) is 5.75 Å². The highest BCUT2D eigenvalue weighted by atomic mass is 32.2. The Kier molecular flexibility index (Phi) is 5.14. The highest BCUT2D eigenvalue weighted by Gasteiger charge is 2.34. The third-order valence-corrected chi connectivity index (χ3v) is 5.07. The lowest BCUT2D eigenvalue weighted by molar-refractivity contribution is -0.384. The Morgan fingerprint density at radius 1 is 1.24 bits per heavy atom. The van der Waals surface area contributed by atoms with E-state index in [4.69, 9.17) is 0 Å². The fraction of sp³-hybridized carbons (Fsp3) is 0.222. The number of thioether (sulfide) groups is 1. The highest BCUT2D eigenvalue weighted by Crippen LogP contribution is 2.30. The van der Waals surface area contributed by atoms with E-state index in [0.717, 1.165) is 17.9 Å². The van der Waals surface area contributed by atoms with E-state index in [1.165, 1.54) is 24.3 Å². The van der Waals surface area contributed by atoms with Gasteiger partial charge in [-0.25, -0.2) is 4.99 Å². The number of hydrogen-bond donors (Lipinski definition) is 0. The van der Waals surface area contributed by atoms with Crippen LogP contribution in [-0.4, -0.2) is 32.7 Å². The maximum Gasteiger partial charge on any atom is 0.269 e. The molecule has 6 nitrogen and oxygen atoms in total. The van der Waals surface area contributed by atoms with E-state index >= 15 is 0 Å². The molecule has 2 aromatic rings. The number of hydrogen-bond acceptors (Lipinski definition) is 5. The first-order valence-electron chi connectivity index (χ1n) is 7.94. The molecule has 1 fully saturated rings. The molecular weight excluding hydrogens is 338 g/mol. The maximum absolute atomic E-state index is 13.0. The fourth-order valence-corrected chi connectivity index (χ4v) is 3.86. The van der Waals surface area contributed by atoms with Crippen molar-refractivity contribution in [2.45, 2.75) is 19.4 Å². The van der Waals surface area contributed by atoms with Gasteiger partial charge in [0.05, 0.1) is 10.6 Å². The van der Waals surface area contributed by atoms with Crippen LogP contribution in [0, 0.1) is 10.1 Å². The summed E-state index contributed by atoms with van der Waals surface area (Å²) in [5.74, 6) is 0.613. The Balaban J connectivity index is 1.91. The number of benzene rings is 2.